The fourth-order valence-corrected chi connectivity index (χ4v) is 9.46. The van der Waals surface area contributed by atoms with Gasteiger partial charge in [0.15, 0.2) is 0 Å². The summed E-state index contributed by atoms with van der Waals surface area (Å²) in [7, 11) is 0. The number of hydrogen-bond acceptors (Lipinski definition) is 2. The Bertz CT molecular complexity index is 691. The van der Waals surface area contributed by atoms with Gasteiger partial charge in [0, 0.05) is 12.3 Å². The third kappa shape index (κ3) is 3.61. The molecule has 2 N–H and O–H groups in total. The molecule has 0 aliphatic heterocycles. The van der Waals surface area contributed by atoms with Gasteiger partial charge in [-0.2, -0.15) is 0 Å². The minimum absolute atomic E-state index is 0.00684. The van der Waals surface area contributed by atoms with Crippen LogP contribution in [0.4, 0.5) is 8.78 Å². The lowest BCUT2D eigenvalue weighted by molar-refractivity contribution is -0.238. The molecule has 178 valence electrons. The first kappa shape index (κ1) is 22.6. The molecule has 5 fully saturated rings. The number of aliphatic hydroxyl groups is 2. The molecule has 0 aromatic heterocycles. The van der Waals surface area contributed by atoms with Crippen molar-refractivity contribution in [2.75, 3.05) is 0 Å². The van der Waals surface area contributed by atoms with Gasteiger partial charge in [0.25, 0.3) is 5.92 Å². The number of hydrogen-bond donors (Lipinski definition) is 2. The molecule has 0 amide bonds. The molecule has 0 saturated heterocycles. The summed E-state index contributed by atoms with van der Waals surface area (Å²) in [5.41, 5.74) is -0.349. The van der Waals surface area contributed by atoms with Gasteiger partial charge in [-0.1, -0.05) is 33.6 Å². The Morgan fingerprint density at radius 2 is 1.61 bits per heavy atom. The van der Waals surface area contributed by atoms with Crippen molar-refractivity contribution in [1.29, 1.82) is 0 Å². The first-order chi connectivity index (χ1) is 14.5. The zero-order chi connectivity index (χ0) is 22.2. The summed E-state index contributed by atoms with van der Waals surface area (Å²) in [6.07, 6.45) is 11.0. The van der Waals surface area contributed by atoms with Gasteiger partial charge in [0.05, 0.1) is 11.7 Å². The lowest BCUT2D eigenvalue weighted by Crippen LogP contribution is -2.61. The molecule has 5 aliphatic rings. The van der Waals surface area contributed by atoms with Crippen LogP contribution >= 0.6 is 0 Å². The fourth-order valence-electron chi connectivity index (χ4n) is 9.46. The molecule has 1 unspecified atom stereocenters. The third-order valence-corrected chi connectivity index (χ3v) is 11.5. The van der Waals surface area contributed by atoms with E-state index in [-0.39, 0.29) is 46.7 Å². The normalized spacial score (nSPS) is 50.8. The summed E-state index contributed by atoms with van der Waals surface area (Å²) < 4.78 is 31.6. The van der Waals surface area contributed by atoms with Crippen LogP contribution in [-0.4, -0.2) is 27.8 Å². The molecule has 0 spiro atoms. The van der Waals surface area contributed by atoms with E-state index in [2.05, 4.69) is 20.8 Å². The first-order valence-electron chi connectivity index (χ1n) is 13.3. The maximum absolute atomic E-state index is 15.8. The highest BCUT2D eigenvalue weighted by Crippen LogP contribution is 2.71. The summed E-state index contributed by atoms with van der Waals surface area (Å²) in [6, 6.07) is 0. The molecular weight excluding hydrogens is 394 g/mol. The van der Waals surface area contributed by atoms with E-state index in [1.165, 1.54) is 0 Å². The van der Waals surface area contributed by atoms with Crippen molar-refractivity contribution >= 4 is 0 Å². The molecule has 0 bridgehead atoms. The van der Waals surface area contributed by atoms with Gasteiger partial charge in [-0.15, -0.1) is 0 Å². The number of rotatable bonds is 5. The molecule has 5 saturated carbocycles. The van der Waals surface area contributed by atoms with Gasteiger partial charge in [-0.3, -0.25) is 0 Å². The van der Waals surface area contributed by atoms with Crippen LogP contribution < -0.4 is 0 Å². The third-order valence-electron chi connectivity index (χ3n) is 11.5. The van der Waals surface area contributed by atoms with E-state index in [0.29, 0.717) is 18.3 Å². The Kier molecular flexibility index (Phi) is 5.38. The first-order valence-corrected chi connectivity index (χ1v) is 13.3. The van der Waals surface area contributed by atoms with Gasteiger partial charge >= 0.3 is 0 Å². The van der Waals surface area contributed by atoms with Crippen LogP contribution in [-0.2, 0) is 0 Å². The summed E-state index contributed by atoms with van der Waals surface area (Å²) >= 11 is 0. The Morgan fingerprint density at radius 1 is 0.935 bits per heavy atom. The Labute approximate surface area is 187 Å². The Morgan fingerprint density at radius 3 is 2.32 bits per heavy atom. The minimum atomic E-state index is -2.59. The fraction of sp³-hybridized carbons (Fsp3) is 1.00. The second kappa shape index (κ2) is 7.39. The van der Waals surface area contributed by atoms with Gasteiger partial charge < -0.3 is 10.2 Å². The SMILES string of the molecule is C[C@H](CCCC1(O)CC1)[C@H]1CC[C@H]2[C@H]3[C@H](CC[C@]12C)[C@@]1(C)CC[C@H](O)CC1CC3(F)F. The van der Waals surface area contributed by atoms with Crippen LogP contribution in [0.3, 0.4) is 0 Å². The maximum atomic E-state index is 15.8. The van der Waals surface area contributed by atoms with Crippen molar-refractivity contribution in [3.8, 4) is 0 Å². The maximum Gasteiger partial charge on any atom is 0.251 e. The van der Waals surface area contributed by atoms with Crippen molar-refractivity contribution in [1.82, 2.24) is 0 Å². The number of alkyl halides is 2. The van der Waals surface area contributed by atoms with Gasteiger partial charge in [0.1, 0.15) is 0 Å². The van der Waals surface area contributed by atoms with E-state index < -0.39 is 11.8 Å². The van der Waals surface area contributed by atoms with Crippen LogP contribution in [0.25, 0.3) is 0 Å². The number of halogens is 2. The molecule has 2 nitrogen and oxygen atoms in total. The van der Waals surface area contributed by atoms with E-state index >= 15 is 8.78 Å². The van der Waals surface area contributed by atoms with Crippen LogP contribution in [0.2, 0.25) is 0 Å². The van der Waals surface area contributed by atoms with Crippen LogP contribution in [0.1, 0.15) is 104 Å². The van der Waals surface area contributed by atoms with Gasteiger partial charge in [-0.05, 0) is 105 Å². The molecule has 5 rings (SSSR count). The molecular formula is C27H44F2O2. The number of fused-ring (bicyclic) bond motifs is 5. The monoisotopic (exact) mass is 438 g/mol. The van der Waals surface area contributed by atoms with Gasteiger partial charge in [-0.25, -0.2) is 8.78 Å². The number of aliphatic hydroxyl groups excluding tert-OH is 1. The van der Waals surface area contributed by atoms with E-state index in [4.69, 9.17) is 0 Å². The second-order valence-corrected chi connectivity index (χ2v) is 13.2. The topological polar surface area (TPSA) is 40.5 Å². The zero-order valence-electron chi connectivity index (χ0n) is 19.9. The van der Waals surface area contributed by atoms with Crippen molar-refractivity contribution in [3.05, 3.63) is 0 Å². The molecule has 9 atom stereocenters. The molecule has 31 heavy (non-hydrogen) atoms. The Balaban J connectivity index is 1.34. The van der Waals surface area contributed by atoms with Crippen molar-refractivity contribution in [2.45, 2.75) is 122 Å². The quantitative estimate of drug-likeness (QED) is 0.509. The molecule has 0 radical (unpaired) electrons. The predicted octanol–water partition coefficient (Wildman–Crippen LogP) is 6.58. The summed E-state index contributed by atoms with van der Waals surface area (Å²) in [5.74, 6) is -1.73. The van der Waals surface area contributed by atoms with Crippen molar-refractivity contribution in [2.24, 2.45) is 46.3 Å². The standard InChI is InChI=1S/C27H44F2O2/c1-17(5-4-10-26(31)13-14-26)20-6-7-21-23-22(9-12-25(20,21)3)24(2)11-8-19(30)15-18(24)16-27(23,28)29/h17-23,30-31H,4-16H2,1-3H3/t17-,18?,19+,20-,21+,22+,23+,24+,25-/m1/s1. The Hall–Kier alpha value is -0.220. The summed E-state index contributed by atoms with van der Waals surface area (Å²) in [4.78, 5) is 0. The van der Waals surface area contributed by atoms with Crippen LogP contribution in [0.5, 0.6) is 0 Å². The molecule has 0 heterocycles. The van der Waals surface area contributed by atoms with Crippen molar-refractivity contribution < 1.29 is 19.0 Å². The second-order valence-electron chi connectivity index (χ2n) is 13.2. The predicted molar refractivity (Wildman–Crippen MR) is 119 cm³/mol. The largest absolute Gasteiger partial charge is 0.393 e. The average Bonchev–Trinajstić information content (AvgIpc) is 3.30. The van der Waals surface area contributed by atoms with E-state index in [1.54, 1.807) is 0 Å². The van der Waals surface area contributed by atoms with Crippen LogP contribution in [0.15, 0.2) is 0 Å². The highest BCUT2D eigenvalue weighted by atomic mass is 19.3. The molecule has 5 aliphatic carbocycles. The highest BCUT2D eigenvalue weighted by Gasteiger charge is 2.68. The van der Waals surface area contributed by atoms with Gasteiger partial charge in [0.2, 0.25) is 0 Å². The highest BCUT2D eigenvalue weighted by molar-refractivity contribution is 5.13. The lowest BCUT2D eigenvalue weighted by Gasteiger charge is -2.63. The smallest absolute Gasteiger partial charge is 0.251 e. The molecule has 4 heteroatoms. The van der Waals surface area contributed by atoms with Crippen molar-refractivity contribution in [3.63, 3.8) is 0 Å². The molecule has 0 aromatic carbocycles. The molecule has 0 aromatic rings. The zero-order valence-corrected chi connectivity index (χ0v) is 19.9. The van der Waals surface area contributed by atoms with E-state index in [9.17, 15) is 10.2 Å². The minimum Gasteiger partial charge on any atom is -0.393 e. The lowest BCUT2D eigenvalue weighted by atomic mass is 9.43. The van der Waals surface area contributed by atoms with E-state index in [0.717, 1.165) is 70.6 Å². The van der Waals surface area contributed by atoms with Crippen LogP contribution in [0, 0.1) is 46.3 Å². The summed E-state index contributed by atoms with van der Waals surface area (Å²) in [6.45, 7) is 6.99. The summed E-state index contributed by atoms with van der Waals surface area (Å²) in [5, 5.41) is 20.3. The van der Waals surface area contributed by atoms with E-state index in [1.807, 2.05) is 0 Å². The average molecular weight is 439 g/mol.